The van der Waals surface area contributed by atoms with E-state index in [-0.39, 0.29) is 6.10 Å². The average Bonchev–Trinajstić information content (AvgIpc) is 2.38. The highest BCUT2D eigenvalue weighted by Crippen LogP contribution is 2.23. The van der Waals surface area contributed by atoms with Crippen LogP contribution in [0.1, 0.15) is 32.3 Å². The smallest absolute Gasteiger partial charge is 0.101 e. The molecule has 1 atom stereocenters. The predicted octanol–water partition coefficient (Wildman–Crippen LogP) is 2.44. The van der Waals surface area contributed by atoms with Gasteiger partial charge in [0.05, 0.1) is 12.7 Å². The van der Waals surface area contributed by atoms with E-state index >= 15 is 0 Å². The average molecular weight is 263 g/mol. The van der Waals surface area contributed by atoms with Crippen LogP contribution in [0.5, 0.6) is 0 Å². The maximum Gasteiger partial charge on any atom is 0.101 e. The molecule has 0 spiro atoms. The lowest BCUT2D eigenvalue weighted by atomic mass is 9.93. The van der Waals surface area contributed by atoms with Gasteiger partial charge in [-0.3, -0.25) is 4.90 Å². The Morgan fingerprint density at radius 1 is 1.32 bits per heavy atom. The minimum Gasteiger partial charge on any atom is -0.386 e. The second-order valence-corrected chi connectivity index (χ2v) is 5.88. The van der Waals surface area contributed by atoms with E-state index in [4.69, 9.17) is 4.74 Å². The summed E-state index contributed by atoms with van der Waals surface area (Å²) in [5.41, 5.74) is 0.619. The summed E-state index contributed by atoms with van der Waals surface area (Å²) in [5, 5.41) is 10.6. The van der Waals surface area contributed by atoms with Crippen molar-refractivity contribution in [2.75, 3.05) is 19.7 Å². The van der Waals surface area contributed by atoms with Crippen LogP contribution in [0.2, 0.25) is 0 Å². The molecule has 0 radical (unpaired) electrons. The number of benzene rings is 1. The van der Waals surface area contributed by atoms with E-state index in [0.717, 1.165) is 25.9 Å². The van der Waals surface area contributed by atoms with Crippen molar-refractivity contribution < 1.29 is 9.84 Å². The predicted molar refractivity (Wildman–Crippen MR) is 77.0 cm³/mol. The fraction of sp³-hybridized carbons (Fsp3) is 0.625. The monoisotopic (exact) mass is 263 g/mol. The summed E-state index contributed by atoms with van der Waals surface area (Å²) in [6, 6.07) is 10.4. The van der Waals surface area contributed by atoms with E-state index < -0.39 is 5.60 Å². The molecule has 0 aromatic heterocycles. The number of β-amino-alcohol motifs (C(OH)–C–C–N with tert-alkyl or cyclic N) is 1. The molecule has 0 aliphatic carbocycles. The van der Waals surface area contributed by atoms with Crippen molar-refractivity contribution in [1.82, 2.24) is 4.90 Å². The molecular weight excluding hydrogens is 238 g/mol. The van der Waals surface area contributed by atoms with Crippen LogP contribution in [0, 0.1) is 0 Å². The normalized spacial score (nSPS) is 24.8. The summed E-state index contributed by atoms with van der Waals surface area (Å²) in [4.78, 5) is 2.32. The molecule has 0 bridgehead atoms. The van der Waals surface area contributed by atoms with E-state index in [0.29, 0.717) is 13.2 Å². The summed E-state index contributed by atoms with van der Waals surface area (Å²) >= 11 is 0. The molecule has 1 unspecified atom stereocenters. The third-order valence-electron chi connectivity index (χ3n) is 3.57. The van der Waals surface area contributed by atoms with Gasteiger partial charge in [0.1, 0.15) is 5.60 Å². The van der Waals surface area contributed by atoms with Crippen LogP contribution in [0.25, 0.3) is 0 Å². The first-order chi connectivity index (χ1) is 9.07. The molecule has 1 N–H and O–H groups in total. The zero-order valence-electron chi connectivity index (χ0n) is 12.0. The minimum absolute atomic E-state index is 0.175. The van der Waals surface area contributed by atoms with Crippen LogP contribution in [0.4, 0.5) is 0 Å². The van der Waals surface area contributed by atoms with Crippen LogP contribution in [0.3, 0.4) is 0 Å². The van der Waals surface area contributed by atoms with Crippen LogP contribution in [0.15, 0.2) is 30.3 Å². The number of rotatable bonds is 5. The van der Waals surface area contributed by atoms with E-state index in [1.807, 2.05) is 19.9 Å². The molecular formula is C16H25NO2. The Balaban J connectivity index is 1.89. The summed E-state index contributed by atoms with van der Waals surface area (Å²) in [6.45, 7) is 7.12. The standard InChI is InChI=1S/C16H25NO2/c1-14(2)19-13-16(18)9-6-10-17(12-16)11-15-7-4-3-5-8-15/h3-5,7-8,14,18H,6,9-13H2,1-2H3. The number of piperidine rings is 1. The number of likely N-dealkylation sites (tertiary alicyclic amines) is 1. The lowest BCUT2D eigenvalue weighted by Gasteiger charge is -2.39. The number of aliphatic hydroxyl groups is 1. The van der Waals surface area contributed by atoms with Crippen molar-refractivity contribution in [2.45, 2.75) is 44.9 Å². The largest absolute Gasteiger partial charge is 0.386 e. The Morgan fingerprint density at radius 2 is 2.05 bits per heavy atom. The maximum atomic E-state index is 10.6. The topological polar surface area (TPSA) is 32.7 Å². The zero-order chi connectivity index (χ0) is 13.7. The van der Waals surface area contributed by atoms with Gasteiger partial charge in [-0.1, -0.05) is 30.3 Å². The van der Waals surface area contributed by atoms with Gasteiger partial charge in [0, 0.05) is 13.1 Å². The first-order valence-corrected chi connectivity index (χ1v) is 7.18. The van der Waals surface area contributed by atoms with Gasteiger partial charge >= 0.3 is 0 Å². The van der Waals surface area contributed by atoms with Gasteiger partial charge in [-0.2, -0.15) is 0 Å². The highest BCUT2D eigenvalue weighted by Gasteiger charge is 2.33. The minimum atomic E-state index is -0.683. The van der Waals surface area contributed by atoms with Gasteiger partial charge in [-0.05, 0) is 38.8 Å². The van der Waals surface area contributed by atoms with Crippen LogP contribution in [-0.2, 0) is 11.3 Å². The van der Waals surface area contributed by atoms with Crippen molar-refractivity contribution in [3.8, 4) is 0 Å². The zero-order valence-corrected chi connectivity index (χ0v) is 12.0. The molecule has 1 heterocycles. The third-order valence-corrected chi connectivity index (χ3v) is 3.57. The van der Waals surface area contributed by atoms with Crippen LogP contribution < -0.4 is 0 Å². The molecule has 19 heavy (non-hydrogen) atoms. The summed E-state index contributed by atoms with van der Waals surface area (Å²) in [5.74, 6) is 0. The fourth-order valence-electron chi connectivity index (χ4n) is 2.62. The molecule has 0 saturated carbocycles. The molecule has 1 saturated heterocycles. The molecule has 1 aromatic carbocycles. The van der Waals surface area contributed by atoms with Gasteiger partial charge < -0.3 is 9.84 Å². The highest BCUT2D eigenvalue weighted by atomic mass is 16.5. The molecule has 3 heteroatoms. The molecule has 1 aliphatic rings. The number of hydrogen-bond acceptors (Lipinski definition) is 3. The first-order valence-electron chi connectivity index (χ1n) is 7.18. The van der Waals surface area contributed by atoms with Crippen molar-refractivity contribution in [1.29, 1.82) is 0 Å². The van der Waals surface area contributed by atoms with Crippen molar-refractivity contribution in [3.63, 3.8) is 0 Å². The summed E-state index contributed by atoms with van der Waals surface area (Å²) in [6.07, 6.45) is 2.05. The van der Waals surface area contributed by atoms with Gasteiger partial charge in [-0.15, -0.1) is 0 Å². The Labute approximate surface area is 116 Å². The van der Waals surface area contributed by atoms with Crippen LogP contribution >= 0.6 is 0 Å². The highest BCUT2D eigenvalue weighted by molar-refractivity contribution is 5.14. The molecule has 3 nitrogen and oxygen atoms in total. The Bertz CT molecular complexity index is 380. The van der Waals surface area contributed by atoms with Crippen LogP contribution in [-0.4, -0.2) is 41.4 Å². The van der Waals surface area contributed by atoms with Crippen molar-refractivity contribution in [2.24, 2.45) is 0 Å². The Hall–Kier alpha value is -0.900. The molecule has 1 fully saturated rings. The molecule has 0 amide bonds. The number of nitrogens with zero attached hydrogens (tertiary/aromatic N) is 1. The van der Waals surface area contributed by atoms with E-state index in [1.165, 1.54) is 5.56 Å². The molecule has 2 rings (SSSR count). The van der Waals surface area contributed by atoms with Gasteiger partial charge in [0.2, 0.25) is 0 Å². The van der Waals surface area contributed by atoms with E-state index in [9.17, 15) is 5.11 Å². The lowest BCUT2D eigenvalue weighted by molar-refractivity contribution is -0.101. The molecule has 106 valence electrons. The lowest BCUT2D eigenvalue weighted by Crippen LogP contribution is -2.50. The first kappa shape index (κ1) is 14.5. The van der Waals surface area contributed by atoms with Gasteiger partial charge in [-0.25, -0.2) is 0 Å². The Kier molecular flexibility index (Phi) is 4.97. The quantitative estimate of drug-likeness (QED) is 0.885. The van der Waals surface area contributed by atoms with Crippen molar-refractivity contribution >= 4 is 0 Å². The van der Waals surface area contributed by atoms with E-state index in [1.54, 1.807) is 0 Å². The third kappa shape index (κ3) is 4.60. The second kappa shape index (κ2) is 6.51. The SMILES string of the molecule is CC(C)OCC1(O)CCCN(Cc2ccccc2)C1. The molecule has 1 aromatic rings. The molecule has 1 aliphatic heterocycles. The Morgan fingerprint density at radius 3 is 2.74 bits per heavy atom. The van der Waals surface area contributed by atoms with Crippen molar-refractivity contribution in [3.05, 3.63) is 35.9 Å². The van der Waals surface area contributed by atoms with Gasteiger partial charge in [0.15, 0.2) is 0 Å². The number of hydrogen-bond donors (Lipinski definition) is 1. The number of ether oxygens (including phenoxy) is 1. The van der Waals surface area contributed by atoms with E-state index in [2.05, 4.69) is 29.2 Å². The maximum absolute atomic E-state index is 10.6. The van der Waals surface area contributed by atoms with Gasteiger partial charge in [0.25, 0.3) is 0 Å². The summed E-state index contributed by atoms with van der Waals surface area (Å²) in [7, 11) is 0. The summed E-state index contributed by atoms with van der Waals surface area (Å²) < 4.78 is 5.61. The fourth-order valence-corrected chi connectivity index (χ4v) is 2.62. The second-order valence-electron chi connectivity index (χ2n) is 5.88.